The minimum Gasteiger partial charge on any atom is -0.339 e. The van der Waals surface area contributed by atoms with E-state index < -0.39 is 0 Å². The lowest BCUT2D eigenvalue weighted by atomic mass is 10.1. The average Bonchev–Trinajstić information content (AvgIpc) is 3.08. The first-order valence-electron chi connectivity index (χ1n) is 8.04. The monoisotopic (exact) mass is 452 g/mol. The number of rotatable bonds is 5. The molecule has 1 N–H and O–H groups in total. The maximum absolute atomic E-state index is 5.92. The molecule has 0 spiro atoms. The molecule has 0 unspecified atom stereocenters. The van der Waals surface area contributed by atoms with E-state index in [-0.39, 0.29) is 19.2 Å². The first-order chi connectivity index (χ1) is 12.3. The van der Waals surface area contributed by atoms with Crippen LogP contribution in [0.4, 0.5) is 11.5 Å². The van der Waals surface area contributed by atoms with Crippen LogP contribution in [0, 0.1) is 0 Å². The molecule has 0 aliphatic heterocycles. The zero-order chi connectivity index (χ0) is 18.8. The van der Waals surface area contributed by atoms with E-state index in [1.807, 2.05) is 12.1 Å². The molecule has 0 saturated carbocycles. The van der Waals surface area contributed by atoms with Gasteiger partial charge in [-0.1, -0.05) is 14.0 Å². The summed E-state index contributed by atoms with van der Waals surface area (Å²) in [6.45, 7) is 8.55. The van der Waals surface area contributed by atoms with Crippen LogP contribution in [0.1, 0.15) is 19.9 Å². The fourth-order valence-electron chi connectivity index (χ4n) is 2.38. The summed E-state index contributed by atoms with van der Waals surface area (Å²) in [6.07, 6.45) is 3.44. The molecule has 0 radical (unpaired) electrons. The third-order valence-corrected chi connectivity index (χ3v) is 5.81. The van der Waals surface area contributed by atoms with Crippen molar-refractivity contribution in [2.24, 2.45) is 0 Å². The lowest BCUT2D eigenvalue weighted by Gasteiger charge is -2.16. The summed E-state index contributed by atoms with van der Waals surface area (Å²) in [5.41, 5.74) is 2.92. The summed E-state index contributed by atoms with van der Waals surface area (Å²) >= 11 is 9.38. The minimum atomic E-state index is -0.351. The van der Waals surface area contributed by atoms with Gasteiger partial charge >= 0.3 is 0 Å². The Labute approximate surface area is 167 Å². The van der Waals surface area contributed by atoms with E-state index in [1.165, 1.54) is 5.30 Å². The van der Waals surface area contributed by atoms with Crippen molar-refractivity contribution in [2.75, 3.05) is 18.6 Å². The third-order valence-electron chi connectivity index (χ3n) is 3.71. The lowest BCUT2D eigenvalue weighted by Crippen LogP contribution is -2.09. The first-order valence-corrected chi connectivity index (χ1v) is 11.4. The molecule has 0 fully saturated rings. The van der Waals surface area contributed by atoms with E-state index in [4.69, 9.17) is 11.6 Å². The molecule has 26 heavy (non-hydrogen) atoms. The molecule has 2 aromatic heterocycles. The van der Waals surface area contributed by atoms with Gasteiger partial charge in [0, 0.05) is 17.4 Å². The van der Waals surface area contributed by atoms with E-state index in [2.05, 4.69) is 74.7 Å². The average molecular weight is 454 g/mol. The molecule has 0 saturated heterocycles. The summed E-state index contributed by atoms with van der Waals surface area (Å²) in [5.74, 6) is 0.640. The molecule has 3 rings (SSSR count). The van der Waals surface area contributed by atoms with E-state index in [0.29, 0.717) is 5.82 Å². The van der Waals surface area contributed by atoms with E-state index >= 15 is 0 Å². The van der Waals surface area contributed by atoms with Crippen LogP contribution in [-0.2, 0) is 0 Å². The van der Waals surface area contributed by atoms with Crippen molar-refractivity contribution in [2.45, 2.75) is 19.9 Å². The summed E-state index contributed by atoms with van der Waals surface area (Å²) < 4.78 is 0.758. The Morgan fingerprint density at radius 3 is 2.65 bits per heavy atom. The fourth-order valence-corrected chi connectivity index (χ4v) is 3.82. The highest BCUT2D eigenvalue weighted by Gasteiger charge is 2.13. The van der Waals surface area contributed by atoms with Crippen molar-refractivity contribution in [1.82, 2.24) is 25.0 Å². The highest BCUT2D eigenvalue weighted by molar-refractivity contribution is 9.10. The third kappa shape index (κ3) is 4.22. The van der Waals surface area contributed by atoms with Crippen LogP contribution in [-0.4, -0.2) is 38.3 Å². The molecule has 0 aliphatic carbocycles. The van der Waals surface area contributed by atoms with Gasteiger partial charge in [0.05, 0.1) is 16.7 Å². The molecule has 0 atom stereocenters. The summed E-state index contributed by atoms with van der Waals surface area (Å²) in [6, 6.07) is 6.48. The highest BCUT2D eigenvalue weighted by atomic mass is 79.9. The van der Waals surface area contributed by atoms with E-state index in [9.17, 15) is 0 Å². The molecule has 0 bridgehead atoms. The molecular weight excluding hydrogens is 435 g/mol. The zero-order valence-electron chi connectivity index (χ0n) is 14.9. The Balaban J connectivity index is 1.97. The largest absolute Gasteiger partial charge is 0.339 e. The van der Waals surface area contributed by atoms with Crippen LogP contribution in [0.25, 0.3) is 11.3 Å². The minimum absolute atomic E-state index is 0.203. The van der Waals surface area contributed by atoms with Crippen molar-refractivity contribution in [3.8, 4) is 11.3 Å². The number of halogens is 2. The topological polar surface area (TPSA) is 68.5 Å². The van der Waals surface area contributed by atoms with Gasteiger partial charge < -0.3 is 5.32 Å². The first kappa shape index (κ1) is 19.2. The van der Waals surface area contributed by atoms with Gasteiger partial charge in [-0.3, -0.25) is 0 Å². The van der Waals surface area contributed by atoms with Crippen LogP contribution in [0.3, 0.4) is 0 Å². The van der Waals surface area contributed by atoms with Gasteiger partial charge in [0.25, 0.3) is 0 Å². The maximum Gasteiger partial charge on any atom is 0.224 e. The quantitative estimate of drug-likeness (QED) is 0.442. The lowest BCUT2D eigenvalue weighted by molar-refractivity contribution is 0.467. The molecule has 0 aliphatic rings. The Kier molecular flexibility index (Phi) is 5.90. The molecule has 9 heteroatoms. The van der Waals surface area contributed by atoms with Crippen LogP contribution in [0.5, 0.6) is 0 Å². The predicted octanol–water partition coefficient (Wildman–Crippen LogP) is 4.84. The van der Waals surface area contributed by atoms with Gasteiger partial charge in [-0.05, 0) is 72.1 Å². The number of aromatic nitrogens is 5. The Bertz CT molecular complexity index is 927. The summed E-state index contributed by atoms with van der Waals surface area (Å²) in [5, 5.41) is 13.7. The maximum atomic E-state index is 5.92. The summed E-state index contributed by atoms with van der Waals surface area (Å²) in [7, 11) is -0.351. The van der Waals surface area contributed by atoms with Crippen molar-refractivity contribution in [3.05, 3.63) is 40.3 Å². The number of hydrogen-bond acceptors (Lipinski definition) is 5. The number of nitrogens with one attached hydrogen (secondary N) is 1. The van der Waals surface area contributed by atoms with Crippen LogP contribution in [0.15, 0.2) is 35.1 Å². The Hall–Kier alpha value is -1.56. The van der Waals surface area contributed by atoms with Crippen LogP contribution < -0.4 is 10.6 Å². The normalized spacial score (nSPS) is 11.4. The second kappa shape index (κ2) is 7.99. The molecule has 0 amide bonds. The molecule has 6 nitrogen and oxygen atoms in total. The zero-order valence-corrected chi connectivity index (χ0v) is 18.1. The number of anilines is 2. The van der Waals surface area contributed by atoms with Gasteiger partial charge in [0.1, 0.15) is 11.5 Å². The molecule has 1 aromatic carbocycles. The van der Waals surface area contributed by atoms with Gasteiger partial charge in [-0.15, -0.1) is 0 Å². The molecule has 3 aromatic rings. The van der Waals surface area contributed by atoms with Gasteiger partial charge in [0.2, 0.25) is 5.28 Å². The Morgan fingerprint density at radius 2 is 2.00 bits per heavy atom. The van der Waals surface area contributed by atoms with Crippen molar-refractivity contribution in [3.63, 3.8) is 0 Å². The van der Waals surface area contributed by atoms with E-state index in [1.54, 1.807) is 17.2 Å². The molecule has 2 heterocycles. The summed E-state index contributed by atoms with van der Waals surface area (Å²) in [4.78, 5) is 9.94. The second-order valence-corrected chi connectivity index (χ2v) is 9.69. The number of hydrogen-bond donors (Lipinski definition) is 1. The predicted molar refractivity (Wildman–Crippen MR) is 112 cm³/mol. The smallest absolute Gasteiger partial charge is 0.224 e. The van der Waals surface area contributed by atoms with Crippen LogP contribution >= 0.6 is 35.5 Å². The molecule has 136 valence electrons. The van der Waals surface area contributed by atoms with Crippen molar-refractivity contribution < 1.29 is 0 Å². The van der Waals surface area contributed by atoms with Crippen molar-refractivity contribution >= 4 is 52.3 Å². The molecular formula is C17H19BrClN6P. The van der Waals surface area contributed by atoms with Gasteiger partial charge in [-0.2, -0.15) is 20.0 Å². The van der Waals surface area contributed by atoms with Gasteiger partial charge in [0.15, 0.2) is 0 Å². The second-order valence-electron chi connectivity index (χ2n) is 6.23. The SMILES string of the molecule is CC(C)n1ncc(-c2ccc(Nc3nc(Cl)ncc3Br)c(P(C)C)c2)n1. The van der Waals surface area contributed by atoms with E-state index in [0.717, 1.165) is 21.4 Å². The highest BCUT2D eigenvalue weighted by Crippen LogP contribution is 2.33. The Morgan fingerprint density at radius 1 is 1.23 bits per heavy atom. The van der Waals surface area contributed by atoms with Crippen molar-refractivity contribution in [1.29, 1.82) is 0 Å². The fraction of sp³-hybridized carbons (Fsp3) is 0.294. The number of benzene rings is 1. The standard InChI is InChI=1S/C17H19BrClN6P/c1-10(2)25-21-9-14(24-25)11-5-6-13(15(7-11)26(3)4)22-16-12(18)8-20-17(19)23-16/h5-10H,1-4H3,(H,20,22,23). The van der Waals surface area contributed by atoms with Gasteiger partial charge in [-0.25, -0.2) is 4.98 Å². The number of nitrogens with zero attached hydrogens (tertiary/aromatic N) is 5. The van der Waals surface area contributed by atoms with Crippen LogP contribution in [0.2, 0.25) is 5.28 Å².